The van der Waals surface area contributed by atoms with Crippen molar-refractivity contribution in [2.24, 2.45) is 11.8 Å². The molecule has 0 bridgehead atoms. The third kappa shape index (κ3) is 10.5. The Morgan fingerprint density at radius 1 is 1.20 bits per heavy atom. The Morgan fingerprint density at radius 3 is 2.51 bits per heavy atom. The SMILES string of the molecule is CC(C)C[C@H](C(=O)O)[C@H](Cc1ccc(C2CCN(C(=O)OC(C)(C)C)C2)nc1)c1nnn(COCC[Si](C)(C)C)n1. The first-order valence-electron chi connectivity index (χ1n) is 14.6. The van der Waals surface area contributed by atoms with Gasteiger partial charge in [0.25, 0.3) is 0 Å². The van der Waals surface area contributed by atoms with E-state index in [0.717, 1.165) is 23.7 Å². The summed E-state index contributed by atoms with van der Waals surface area (Å²) in [6.07, 6.45) is 3.24. The largest absolute Gasteiger partial charge is 0.481 e. The van der Waals surface area contributed by atoms with E-state index in [1.807, 2.05) is 46.8 Å². The van der Waals surface area contributed by atoms with Crippen molar-refractivity contribution in [1.82, 2.24) is 30.1 Å². The van der Waals surface area contributed by atoms with Crippen LogP contribution in [0.4, 0.5) is 4.79 Å². The van der Waals surface area contributed by atoms with Gasteiger partial charge in [-0.25, -0.2) is 4.79 Å². The third-order valence-corrected chi connectivity index (χ3v) is 8.80. The number of carboxylic acid groups (broad SMARTS) is 1. The molecule has 0 aromatic carbocycles. The molecule has 228 valence electrons. The van der Waals surface area contributed by atoms with Gasteiger partial charge in [0.1, 0.15) is 5.60 Å². The van der Waals surface area contributed by atoms with Crippen molar-refractivity contribution in [1.29, 1.82) is 0 Å². The van der Waals surface area contributed by atoms with Crippen LogP contribution in [0.5, 0.6) is 0 Å². The zero-order chi connectivity index (χ0) is 30.4. The topological polar surface area (TPSA) is 133 Å². The van der Waals surface area contributed by atoms with E-state index in [0.29, 0.717) is 38.4 Å². The lowest BCUT2D eigenvalue weighted by Gasteiger charge is -2.24. The lowest BCUT2D eigenvalue weighted by molar-refractivity contribution is -0.143. The Hall–Kier alpha value is -2.86. The molecule has 3 rings (SSSR count). The Labute approximate surface area is 245 Å². The fourth-order valence-corrected chi connectivity index (χ4v) is 5.64. The number of carbonyl (C=O) groups is 2. The van der Waals surface area contributed by atoms with Crippen LogP contribution in [0.3, 0.4) is 0 Å². The molecule has 1 saturated heterocycles. The fourth-order valence-electron chi connectivity index (χ4n) is 4.89. The average molecular weight is 589 g/mol. The van der Waals surface area contributed by atoms with Gasteiger partial charge in [0.05, 0.1) is 5.92 Å². The number of rotatable bonds is 13. The van der Waals surface area contributed by atoms with Gasteiger partial charge in [-0.1, -0.05) is 39.6 Å². The van der Waals surface area contributed by atoms with Crippen molar-refractivity contribution in [3.05, 3.63) is 35.4 Å². The maximum atomic E-state index is 12.5. The minimum absolute atomic E-state index is 0.127. The number of nitrogens with zero attached hydrogens (tertiary/aromatic N) is 6. The molecule has 0 saturated carbocycles. The number of aliphatic carboxylic acids is 1. The molecular weight excluding hydrogens is 540 g/mol. The zero-order valence-electron chi connectivity index (χ0n) is 26.0. The summed E-state index contributed by atoms with van der Waals surface area (Å²) in [5, 5.41) is 23.1. The minimum Gasteiger partial charge on any atom is -0.481 e. The lowest BCUT2D eigenvalue weighted by atomic mass is 9.81. The number of carboxylic acids is 1. The van der Waals surface area contributed by atoms with Crippen molar-refractivity contribution in [2.45, 2.75) is 104 Å². The predicted molar refractivity (Wildman–Crippen MR) is 158 cm³/mol. The molecule has 12 heteroatoms. The van der Waals surface area contributed by atoms with E-state index >= 15 is 0 Å². The van der Waals surface area contributed by atoms with Crippen molar-refractivity contribution in [3.63, 3.8) is 0 Å². The number of pyridine rings is 1. The van der Waals surface area contributed by atoms with Gasteiger partial charge in [-0.05, 0) is 68.8 Å². The summed E-state index contributed by atoms with van der Waals surface area (Å²) < 4.78 is 11.3. The van der Waals surface area contributed by atoms with Crippen molar-refractivity contribution in [2.75, 3.05) is 19.7 Å². The summed E-state index contributed by atoms with van der Waals surface area (Å²) in [6.45, 7) is 18.5. The standard InChI is InChI=1S/C29H48N6O5Si/c1-20(2)15-24(27(36)37)23(26-31-33-35(32-26)19-39-13-14-41(6,7)8)16-21-9-10-25(30-17-21)22-11-12-34(18-22)28(38)40-29(3,4)5/h9-10,17,20,22-24H,11-16,18-19H2,1-8H3,(H,36,37)/t22?,23-,24-/m0/s1. The van der Waals surface area contributed by atoms with Crippen LogP contribution < -0.4 is 0 Å². The first-order valence-corrected chi connectivity index (χ1v) is 18.3. The molecule has 1 aliphatic rings. The van der Waals surface area contributed by atoms with E-state index in [4.69, 9.17) is 14.5 Å². The maximum absolute atomic E-state index is 12.5. The smallest absolute Gasteiger partial charge is 0.410 e. The van der Waals surface area contributed by atoms with Crippen molar-refractivity contribution >= 4 is 20.1 Å². The first kappa shape index (κ1) is 32.6. The molecule has 0 spiro atoms. The Morgan fingerprint density at radius 2 is 1.93 bits per heavy atom. The number of amides is 1. The van der Waals surface area contributed by atoms with Gasteiger partial charge in [0.15, 0.2) is 12.6 Å². The molecular formula is C29H48N6O5Si. The third-order valence-electron chi connectivity index (χ3n) is 7.09. The fraction of sp³-hybridized carbons (Fsp3) is 0.724. The van der Waals surface area contributed by atoms with Crippen LogP contribution in [-0.2, 0) is 27.4 Å². The van der Waals surface area contributed by atoms with E-state index in [2.05, 4.69) is 35.1 Å². The Kier molecular flexibility index (Phi) is 11.0. The molecule has 0 aliphatic carbocycles. The lowest BCUT2D eigenvalue weighted by Crippen LogP contribution is -2.35. The van der Waals surface area contributed by atoms with E-state index in [-0.39, 0.29) is 24.7 Å². The van der Waals surface area contributed by atoms with Crippen molar-refractivity contribution < 1.29 is 24.2 Å². The van der Waals surface area contributed by atoms with Crippen LogP contribution in [-0.4, -0.2) is 80.6 Å². The average Bonchev–Trinajstić information content (AvgIpc) is 3.53. The summed E-state index contributed by atoms with van der Waals surface area (Å²) in [4.78, 5) is 32.7. The molecule has 3 atom stereocenters. The molecule has 1 N–H and O–H groups in total. The summed E-state index contributed by atoms with van der Waals surface area (Å²) in [5.74, 6) is -1.29. The van der Waals surface area contributed by atoms with Gasteiger partial charge in [-0.3, -0.25) is 9.78 Å². The minimum atomic E-state index is -1.21. The summed E-state index contributed by atoms with van der Waals surface area (Å²) >= 11 is 0. The number of carbonyl (C=O) groups excluding carboxylic acids is 1. The van der Waals surface area contributed by atoms with Crippen LogP contribution in [0.1, 0.15) is 76.4 Å². The number of likely N-dealkylation sites (tertiary alicyclic amines) is 1. The van der Waals surface area contributed by atoms with E-state index in [1.54, 1.807) is 11.1 Å². The highest BCUT2D eigenvalue weighted by Gasteiger charge is 2.34. The number of hydrogen-bond acceptors (Lipinski definition) is 8. The van der Waals surface area contributed by atoms with Gasteiger partial charge in [0, 0.05) is 51.5 Å². The molecule has 1 amide bonds. The molecule has 2 aromatic rings. The first-order chi connectivity index (χ1) is 19.1. The van der Waals surface area contributed by atoms with Gasteiger partial charge < -0.3 is 19.5 Å². The molecule has 41 heavy (non-hydrogen) atoms. The summed E-state index contributed by atoms with van der Waals surface area (Å²) in [5.41, 5.74) is 1.28. The Balaban J connectivity index is 1.71. The van der Waals surface area contributed by atoms with E-state index in [1.165, 1.54) is 4.80 Å². The second-order valence-corrected chi connectivity index (χ2v) is 19.4. The highest BCUT2D eigenvalue weighted by molar-refractivity contribution is 6.76. The number of ether oxygens (including phenoxy) is 2. The molecule has 1 fully saturated rings. The van der Waals surface area contributed by atoms with Crippen LogP contribution in [0.25, 0.3) is 0 Å². The van der Waals surface area contributed by atoms with Crippen LogP contribution >= 0.6 is 0 Å². The second kappa shape index (κ2) is 13.9. The van der Waals surface area contributed by atoms with Gasteiger partial charge in [-0.15, -0.1) is 15.0 Å². The van der Waals surface area contributed by atoms with Crippen LogP contribution in [0.15, 0.2) is 18.3 Å². The molecule has 2 aromatic heterocycles. The highest BCUT2D eigenvalue weighted by Crippen LogP contribution is 2.32. The van der Waals surface area contributed by atoms with E-state index < -0.39 is 31.5 Å². The molecule has 11 nitrogen and oxygen atoms in total. The second-order valence-electron chi connectivity index (χ2n) is 13.8. The molecule has 1 aliphatic heterocycles. The van der Waals surface area contributed by atoms with Crippen LogP contribution in [0.2, 0.25) is 25.7 Å². The zero-order valence-corrected chi connectivity index (χ0v) is 27.0. The number of tetrazole rings is 1. The van der Waals surface area contributed by atoms with Crippen molar-refractivity contribution in [3.8, 4) is 0 Å². The van der Waals surface area contributed by atoms with Gasteiger partial charge >= 0.3 is 12.1 Å². The molecule has 0 radical (unpaired) electrons. The maximum Gasteiger partial charge on any atom is 0.410 e. The number of aromatic nitrogens is 5. The van der Waals surface area contributed by atoms with Gasteiger partial charge in [0.2, 0.25) is 0 Å². The molecule has 3 heterocycles. The Bertz CT molecular complexity index is 1140. The quantitative estimate of drug-likeness (QED) is 0.248. The summed E-state index contributed by atoms with van der Waals surface area (Å²) in [6, 6.07) is 5.00. The van der Waals surface area contributed by atoms with E-state index in [9.17, 15) is 14.7 Å². The highest BCUT2D eigenvalue weighted by atomic mass is 28.3. The monoisotopic (exact) mass is 588 g/mol. The van der Waals surface area contributed by atoms with Gasteiger partial charge in [-0.2, -0.15) is 0 Å². The van der Waals surface area contributed by atoms with Crippen LogP contribution in [0, 0.1) is 11.8 Å². The molecule has 1 unspecified atom stereocenters. The summed E-state index contributed by atoms with van der Waals surface area (Å²) in [7, 11) is -1.21. The predicted octanol–water partition coefficient (Wildman–Crippen LogP) is 5.18. The normalized spacial score (nSPS) is 17.6. The number of hydrogen-bond donors (Lipinski definition) is 1.